The van der Waals surface area contributed by atoms with Crippen molar-refractivity contribution in [2.75, 3.05) is 10.6 Å². The van der Waals surface area contributed by atoms with Crippen LogP contribution in [0.2, 0.25) is 0 Å². The van der Waals surface area contributed by atoms with E-state index in [1.54, 1.807) is 24.3 Å². The maximum absolute atomic E-state index is 12.3. The van der Waals surface area contributed by atoms with E-state index in [0.717, 1.165) is 29.7 Å². The highest BCUT2D eigenvalue weighted by Gasteiger charge is 2.29. The fourth-order valence-corrected chi connectivity index (χ4v) is 2.31. The lowest BCUT2D eigenvalue weighted by molar-refractivity contribution is -0.117. The summed E-state index contributed by atoms with van der Waals surface area (Å²) in [5.74, 6) is 0.124. The predicted octanol–water partition coefficient (Wildman–Crippen LogP) is 3.90. The molecule has 2 amide bonds. The minimum absolute atomic E-state index is 0.0805. The molecule has 3 rings (SSSR count). The van der Waals surface area contributed by atoms with Gasteiger partial charge in [-0.3, -0.25) is 9.59 Å². The summed E-state index contributed by atoms with van der Waals surface area (Å²) in [5.41, 5.74) is 4.36. The zero-order valence-corrected chi connectivity index (χ0v) is 13.3. The third-order valence-electron chi connectivity index (χ3n) is 4.13. The van der Waals surface area contributed by atoms with Crippen molar-refractivity contribution in [3.63, 3.8) is 0 Å². The van der Waals surface area contributed by atoms with Gasteiger partial charge in [-0.1, -0.05) is 6.07 Å². The first kappa shape index (κ1) is 15.3. The molecule has 4 heteroatoms. The van der Waals surface area contributed by atoms with Crippen LogP contribution >= 0.6 is 0 Å². The summed E-state index contributed by atoms with van der Waals surface area (Å²) in [6.07, 6.45) is 1.96. The Bertz CT molecular complexity index is 746. The average molecular weight is 308 g/mol. The number of anilines is 2. The molecule has 2 aromatic rings. The van der Waals surface area contributed by atoms with Gasteiger partial charge in [0.05, 0.1) is 0 Å². The molecule has 0 saturated heterocycles. The zero-order valence-electron chi connectivity index (χ0n) is 13.3. The summed E-state index contributed by atoms with van der Waals surface area (Å²) in [5, 5.41) is 5.75. The molecule has 1 fully saturated rings. The number of aryl methyl sites for hydroxylation is 2. The molecule has 0 atom stereocenters. The van der Waals surface area contributed by atoms with Crippen molar-refractivity contribution in [3.05, 3.63) is 59.2 Å². The molecule has 0 radical (unpaired) electrons. The van der Waals surface area contributed by atoms with Crippen molar-refractivity contribution in [1.82, 2.24) is 0 Å². The number of carbonyl (C=O) groups excluding carboxylic acids is 2. The Morgan fingerprint density at radius 1 is 0.870 bits per heavy atom. The van der Waals surface area contributed by atoms with Crippen molar-refractivity contribution >= 4 is 23.2 Å². The molecule has 0 aliphatic heterocycles. The van der Waals surface area contributed by atoms with E-state index in [1.807, 2.05) is 32.0 Å². The van der Waals surface area contributed by atoms with Gasteiger partial charge in [-0.05, 0) is 74.2 Å². The Balaban J connectivity index is 1.63. The Kier molecular flexibility index (Phi) is 4.15. The minimum Gasteiger partial charge on any atom is -0.326 e. The summed E-state index contributed by atoms with van der Waals surface area (Å²) in [6.45, 7) is 4.01. The molecule has 2 N–H and O–H groups in total. The van der Waals surface area contributed by atoms with E-state index >= 15 is 0 Å². The molecule has 0 heterocycles. The summed E-state index contributed by atoms with van der Waals surface area (Å²) >= 11 is 0. The van der Waals surface area contributed by atoms with Crippen LogP contribution in [0, 0.1) is 19.8 Å². The topological polar surface area (TPSA) is 58.2 Å². The average Bonchev–Trinajstić information content (AvgIpc) is 3.36. The second-order valence-corrected chi connectivity index (χ2v) is 6.09. The van der Waals surface area contributed by atoms with E-state index in [0.29, 0.717) is 11.3 Å². The van der Waals surface area contributed by atoms with Crippen LogP contribution in [0.1, 0.15) is 34.3 Å². The highest BCUT2D eigenvalue weighted by molar-refractivity contribution is 6.04. The van der Waals surface area contributed by atoms with Crippen LogP contribution in [0.25, 0.3) is 0 Å². The molecule has 1 saturated carbocycles. The molecule has 1 aliphatic carbocycles. The largest absolute Gasteiger partial charge is 0.326 e. The summed E-state index contributed by atoms with van der Waals surface area (Å²) in [6, 6.07) is 12.8. The molecule has 0 spiro atoms. The fraction of sp³-hybridized carbons (Fsp3) is 0.263. The van der Waals surface area contributed by atoms with Gasteiger partial charge in [-0.25, -0.2) is 0 Å². The second-order valence-electron chi connectivity index (χ2n) is 6.09. The van der Waals surface area contributed by atoms with Crippen LogP contribution in [-0.2, 0) is 4.79 Å². The van der Waals surface area contributed by atoms with Gasteiger partial charge in [0.25, 0.3) is 5.91 Å². The molecule has 0 unspecified atom stereocenters. The monoisotopic (exact) mass is 308 g/mol. The lowest BCUT2D eigenvalue weighted by Gasteiger charge is -2.09. The van der Waals surface area contributed by atoms with Crippen molar-refractivity contribution in [1.29, 1.82) is 0 Å². The van der Waals surface area contributed by atoms with E-state index in [1.165, 1.54) is 0 Å². The smallest absolute Gasteiger partial charge is 0.255 e. The Morgan fingerprint density at radius 2 is 1.48 bits per heavy atom. The van der Waals surface area contributed by atoms with Crippen LogP contribution in [0.4, 0.5) is 11.4 Å². The number of nitrogens with one attached hydrogen (secondary N) is 2. The number of carbonyl (C=O) groups is 2. The minimum atomic E-state index is -0.136. The molecule has 0 aromatic heterocycles. The Hall–Kier alpha value is -2.62. The van der Waals surface area contributed by atoms with Crippen LogP contribution in [0.5, 0.6) is 0 Å². The van der Waals surface area contributed by atoms with E-state index in [9.17, 15) is 9.59 Å². The highest BCUT2D eigenvalue weighted by Crippen LogP contribution is 2.30. The van der Waals surface area contributed by atoms with Gasteiger partial charge in [-0.15, -0.1) is 0 Å². The maximum Gasteiger partial charge on any atom is 0.255 e. The predicted molar refractivity (Wildman–Crippen MR) is 91.7 cm³/mol. The third kappa shape index (κ3) is 3.77. The lowest BCUT2D eigenvalue weighted by atomic mass is 10.1. The molecular formula is C19H20N2O2. The number of benzene rings is 2. The number of hydrogen-bond acceptors (Lipinski definition) is 2. The normalized spacial score (nSPS) is 13.5. The number of hydrogen-bond donors (Lipinski definition) is 2. The van der Waals surface area contributed by atoms with Crippen LogP contribution < -0.4 is 10.6 Å². The van der Waals surface area contributed by atoms with Crippen molar-refractivity contribution < 1.29 is 9.59 Å². The summed E-state index contributed by atoms with van der Waals surface area (Å²) in [7, 11) is 0. The molecule has 23 heavy (non-hydrogen) atoms. The summed E-state index contributed by atoms with van der Waals surface area (Å²) in [4.78, 5) is 24.0. The van der Waals surface area contributed by atoms with Crippen molar-refractivity contribution in [2.24, 2.45) is 5.92 Å². The summed E-state index contributed by atoms with van der Waals surface area (Å²) < 4.78 is 0. The van der Waals surface area contributed by atoms with Gasteiger partial charge in [-0.2, -0.15) is 0 Å². The van der Waals surface area contributed by atoms with Gasteiger partial charge in [0.2, 0.25) is 5.91 Å². The Labute approximate surface area is 135 Å². The van der Waals surface area contributed by atoms with E-state index in [-0.39, 0.29) is 17.7 Å². The quantitative estimate of drug-likeness (QED) is 0.900. The third-order valence-corrected chi connectivity index (χ3v) is 4.13. The molecule has 118 valence electrons. The number of amides is 2. The van der Waals surface area contributed by atoms with E-state index in [4.69, 9.17) is 0 Å². The molecule has 1 aliphatic rings. The van der Waals surface area contributed by atoms with Crippen LogP contribution in [0.3, 0.4) is 0 Å². The zero-order chi connectivity index (χ0) is 16.4. The van der Waals surface area contributed by atoms with Crippen LogP contribution in [0.15, 0.2) is 42.5 Å². The lowest BCUT2D eigenvalue weighted by Crippen LogP contribution is -2.14. The molecule has 4 nitrogen and oxygen atoms in total. The second kappa shape index (κ2) is 6.24. The van der Waals surface area contributed by atoms with Gasteiger partial charge >= 0.3 is 0 Å². The van der Waals surface area contributed by atoms with Gasteiger partial charge in [0, 0.05) is 22.9 Å². The molecular weight excluding hydrogens is 288 g/mol. The first-order chi connectivity index (χ1) is 11.0. The van der Waals surface area contributed by atoms with E-state index in [2.05, 4.69) is 10.6 Å². The standard InChI is InChI=1S/C19H20N2O2/c1-12-3-4-15(11-13(12)2)19(23)21-17-9-7-16(8-10-17)20-18(22)14-5-6-14/h3-4,7-11,14H,5-6H2,1-2H3,(H,20,22)(H,21,23). The van der Waals surface area contributed by atoms with Crippen molar-refractivity contribution in [2.45, 2.75) is 26.7 Å². The van der Waals surface area contributed by atoms with Crippen LogP contribution in [-0.4, -0.2) is 11.8 Å². The van der Waals surface area contributed by atoms with Gasteiger partial charge in [0.1, 0.15) is 0 Å². The first-order valence-electron chi connectivity index (χ1n) is 7.82. The molecule has 2 aromatic carbocycles. The fourth-order valence-electron chi connectivity index (χ4n) is 2.31. The van der Waals surface area contributed by atoms with E-state index < -0.39 is 0 Å². The maximum atomic E-state index is 12.3. The van der Waals surface area contributed by atoms with Gasteiger partial charge < -0.3 is 10.6 Å². The van der Waals surface area contributed by atoms with Gasteiger partial charge in [0.15, 0.2) is 0 Å². The number of rotatable bonds is 4. The van der Waals surface area contributed by atoms with Crippen molar-refractivity contribution in [3.8, 4) is 0 Å². The molecule has 0 bridgehead atoms. The Morgan fingerprint density at radius 3 is 2.04 bits per heavy atom. The SMILES string of the molecule is Cc1ccc(C(=O)Nc2ccc(NC(=O)C3CC3)cc2)cc1C. The first-order valence-corrected chi connectivity index (χ1v) is 7.82. The highest BCUT2D eigenvalue weighted by atomic mass is 16.2.